The monoisotopic (exact) mass is 464 g/mol. The van der Waals surface area contributed by atoms with E-state index in [0.717, 1.165) is 0 Å². The molecule has 29 heavy (non-hydrogen) atoms. The molecule has 1 aromatic heterocycles. The van der Waals surface area contributed by atoms with E-state index in [1.54, 1.807) is 6.07 Å². The van der Waals surface area contributed by atoms with E-state index in [4.69, 9.17) is 22.1 Å². The number of amides is 1. The summed E-state index contributed by atoms with van der Waals surface area (Å²) in [4.78, 5) is 13.5. The van der Waals surface area contributed by atoms with Gasteiger partial charge in [0.2, 0.25) is 10.0 Å². The minimum Gasteiger partial charge on any atom is -0.488 e. The Morgan fingerprint density at radius 1 is 1.41 bits per heavy atom. The summed E-state index contributed by atoms with van der Waals surface area (Å²) >= 11 is 5.87. The number of hydrogen-bond acceptors (Lipinski definition) is 5. The second kappa shape index (κ2) is 7.35. The Morgan fingerprint density at radius 3 is 2.79 bits per heavy atom. The molecule has 158 valence electrons. The number of carbonyl (C=O) groups excluding carboxylic acids is 1. The summed E-state index contributed by atoms with van der Waals surface area (Å²) in [6.07, 6.45) is 1.77. The second-order valence-electron chi connectivity index (χ2n) is 7.09. The quantitative estimate of drug-likeness (QED) is 0.702. The highest BCUT2D eigenvalue weighted by Gasteiger charge is 2.46. The van der Waals surface area contributed by atoms with Crippen molar-refractivity contribution >= 4 is 45.6 Å². The first kappa shape index (κ1) is 21.7. The van der Waals surface area contributed by atoms with E-state index >= 15 is 0 Å². The van der Waals surface area contributed by atoms with Crippen molar-refractivity contribution in [2.75, 3.05) is 24.6 Å². The fourth-order valence-electron chi connectivity index (χ4n) is 3.75. The minimum atomic E-state index is -3.94. The van der Waals surface area contributed by atoms with Crippen LogP contribution in [0.4, 0.5) is 10.1 Å². The molecule has 12 heteroatoms. The molecule has 1 aromatic carbocycles. The van der Waals surface area contributed by atoms with Gasteiger partial charge in [0, 0.05) is 32.0 Å². The van der Waals surface area contributed by atoms with Gasteiger partial charge in [0.25, 0.3) is 5.91 Å². The molecule has 2 aromatic rings. The number of nitrogens with two attached hydrogens (primary N) is 1. The highest BCUT2D eigenvalue weighted by atomic mass is 35.5. The number of nitrogens with zero attached hydrogens (tertiary/aromatic N) is 2. The van der Waals surface area contributed by atoms with Gasteiger partial charge in [-0.25, -0.2) is 12.8 Å². The van der Waals surface area contributed by atoms with Gasteiger partial charge in [-0.3, -0.25) is 4.79 Å². The summed E-state index contributed by atoms with van der Waals surface area (Å²) < 4.78 is 49.2. The van der Waals surface area contributed by atoms with Crippen molar-refractivity contribution < 1.29 is 22.3 Å². The normalized spacial score (nSPS) is 22.5. The van der Waals surface area contributed by atoms with Crippen molar-refractivity contribution in [3.05, 3.63) is 40.9 Å². The van der Waals surface area contributed by atoms with Crippen LogP contribution in [0.1, 0.15) is 16.9 Å². The number of ether oxygens (including phenoxy) is 1. The SMILES string of the molecule is Cl.Cn1cc2c(c1C(N)=O)OC[C@]1(CCN(c3ccc(F)c(Cl)c3)C1)NS2(=O)=O. The van der Waals surface area contributed by atoms with Crippen LogP contribution in [0.3, 0.4) is 0 Å². The fourth-order valence-corrected chi connectivity index (χ4v) is 5.52. The van der Waals surface area contributed by atoms with E-state index in [1.807, 2.05) is 4.90 Å². The first-order valence-corrected chi connectivity index (χ1v) is 10.3. The molecule has 1 fully saturated rings. The largest absolute Gasteiger partial charge is 0.488 e. The molecule has 3 heterocycles. The van der Waals surface area contributed by atoms with Gasteiger partial charge in [-0.2, -0.15) is 4.72 Å². The zero-order valence-electron chi connectivity index (χ0n) is 15.3. The molecular weight excluding hydrogens is 446 g/mol. The maximum absolute atomic E-state index is 13.4. The minimum absolute atomic E-state index is 0. The first-order chi connectivity index (χ1) is 13.1. The maximum atomic E-state index is 13.4. The van der Waals surface area contributed by atoms with Crippen LogP contribution in [0.2, 0.25) is 5.02 Å². The smallest absolute Gasteiger partial charge is 0.269 e. The third-order valence-electron chi connectivity index (χ3n) is 5.09. The van der Waals surface area contributed by atoms with Crippen molar-refractivity contribution in [1.29, 1.82) is 0 Å². The molecule has 3 N–H and O–H groups in total. The van der Waals surface area contributed by atoms with Gasteiger partial charge in [-0.05, 0) is 24.6 Å². The van der Waals surface area contributed by atoms with E-state index in [9.17, 15) is 17.6 Å². The van der Waals surface area contributed by atoms with Gasteiger partial charge in [-0.15, -0.1) is 12.4 Å². The van der Waals surface area contributed by atoms with Gasteiger partial charge in [0.05, 0.1) is 10.6 Å². The van der Waals surface area contributed by atoms with E-state index in [2.05, 4.69) is 4.72 Å². The van der Waals surface area contributed by atoms with Gasteiger partial charge < -0.3 is 19.9 Å². The Labute approximate surface area is 178 Å². The number of rotatable bonds is 2. The summed E-state index contributed by atoms with van der Waals surface area (Å²) in [6, 6.07) is 4.36. The number of hydrogen-bond donors (Lipinski definition) is 2. The Bertz CT molecular complexity index is 1090. The molecule has 1 atom stereocenters. The van der Waals surface area contributed by atoms with Crippen LogP contribution in [-0.4, -0.2) is 44.1 Å². The van der Waals surface area contributed by atoms with Crippen LogP contribution in [0.5, 0.6) is 5.75 Å². The molecule has 2 aliphatic heterocycles. The molecule has 0 saturated carbocycles. The Balaban J connectivity index is 0.00000240. The van der Waals surface area contributed by atoms with Crippen LogP contribution >= 0.6 is 24.0 Å². The van der Waals surface area contributed by atoms with Gasteiger partial charge in [-0.1, -0.05) is 11.6 Å². The Morgan fingerprint density at radius 2 is 2.14 bits per heavy atom. The van der Waals surface area contributed by atoms with Gasteiger partial charge in [0.15, 0.2) is 11.4 Å². The third-order valence-corrected chi connectivity index (χ3v) is 6.95. The average Bonchev–Trinajstić information content (AvgIpc) is 3.14. The number of sulfonamides is 1. The van der Waals surface area contributed by atoms with Crippen LogP contribution in [-0.2, 0) is 17.1 Å². The molecule has 4 rings (SSSR count). The summed E-state index contributed by atoms with van der Waals surface area (Å²) in [5.41, 5.74) is 5.16. The van der Waals surface area contributed by atoms with Crippen molar-refractivity contribution in [1.82, 2.24) is 9.29 Å². The molecule has 1 saturated heterocycles. The van der Waals surface area contributed by atoms with E-state index in [-0.39, 0.29) is 40.4 Å². The van der Waals surface area contributed by atoms with E-state index < -0.39 is 27.3 Å². The van der Waals surface area contributed by atoms with E-state index in [0.29, 0.717) is 25.2 Å². The second-order valence-corrected chi connectivity index (χ2v) is 9.15. The van der Waals surface area contributed by atoms with Crippen molar-refractivity contribution in [3.63, 3.8) is 0 Å². The number of fused-ring (bicyclic) bond motifs is 1. The zero-order valence-corrected chi connectivity index (χ0v) is 17.7. The molecule has 0 radical (unpaired) electrons. The standard InChI is InChI=1S/C17H18ClFN4O4S.ClH/c1-22-7-13-15(14(22)16(20)24)27-9-17(21-28(13,25)26)4-5-23(8-17)10-2-3-12(19)11(18)6-10;/h2-3,6-7,21H,4-5,8-9H2,1H3,(H2,20,24);1H/t17-;/m1./s1. The number of carbonyl (C=O) groups is 1. The molecule has 0 bridgehead atoms. The molecule has 1 amide bonds. The summed E-state index contributed by atoms with van der Waals surface area (Å²) in [6.45, 7) is 0.847. The lowest BCUT2D eigenvalue weighted by atomic mass is 10.0. The Hall–Kier alpha value is -2.01. The number of halogens is 3. The Kier molecular flexibility index (Phi) is 5.50. The number of aryl methyl sites for hydroxylation is 1. The number of nitrogens with one attached hydrogen (secondary N) is 1. The molecule has 0 unspecified atom stereocenters. The van der Waals surface area contributed by atoms with Crippen LogP contribution in [0, 0.1) is 5.82 Å². The lowest BCUT2D eigenvalue weighted by molar-refractivity contribution is 0.0986. The average molecular weight is 465 g/mol. The molecule has 2 aliphatic rings. The number of aromatic nitrogens is 1. The number of anilines is 1. The van der Waals surface area contributed by atoms with Gasteiger partial charge >= 0.3 is 0 Å². The summed E-state index contributed by atoms with van der Waals surface area (Å²) in [5.74, 6) is -1.33. The third kappa shape index (κ3) is 3.65. The predicted molar refractivity (Wildman–Crippen MR) is 108 cm³/mol. The maximum Gasteiger partial charge on any atom is 0.269 e. The van der Waals surface area contributed by atoms with Crippen molar-refractivity contribution in [2.45, 2.75) is 16.9 Å². The summed E-state index contributed by atoms with van der Waals surface area (Å²) in [7, 11) is -2.42. The van der Waals surface area contributed by atoms with Crippen LogP contribution in [0.15, 0.2) is 29.3 Å². The fraction of sp³-hybridized carbons (Fsp3) is 0.353. The van der Waals surface area contributed by atoms with Crippen LogP contribution < -0.4 is 20.1 Å². The topological polar surface area (TPSA) is 107 Å². The molecule has 1 spiro atoms. The van der Waals surface area contributed by atoms with Gasteiger partial charge in [0.1, 0.15) is 17.3 Å². The predicted octanol–water partition coefficient (Wildman–Crippen LogP) is 1.66. The lowest BCUT2D eigenvalue weighted by Gasteiger charge is -2.28. The van der Waals surface area contributed by atoms with E-state index in [1.165, 1.54) is 29.9 Å². The van der Waals surface area contributed by atoms with Crippen LogP contribution in [0.25, 0.3) is 0 Å². The summed E-state index contributed by atoms with van der Waals surface area (Å²) in [5, 5.41) is -0.00451. The lowest BCUT2D eigenvalue weighted by Crippen LogP contribution is -2.53. The van der Waals surface area contributed by atoms with Crippen molar-refractivity contribution in [2.24, 2.45) is 12.8 Å². The number of benzene rings is 1. The molecular formula is C17H19Cl2FN4O4S. The molecule has 0 aliphatic carbocycles. The number of primary amides is 1. The van der Waals surface area contributed by atoms with Crippen molar-refractivity contribution in [3.8, 4) is 5.75 Å². The highest BCUT2D eigenvalue weighted by molar-refractivity contribution is 7.89. The zero-order chi connectivity index (χ0) is 20.3. The molecule has 8 nitrogen and oxygen atoms in total. The highest BCUT2D eigenvalue weighted by Crippen LogP contribution is 2.37. The first-order valence-electron chi connectivity index (χ1n) is 8.48.